The van der Waals surface area contributed by atoms with E-state index in [2.05, 4.69) is 4.74 Å². The van der Waals surface area contributed by atoms with Crippen molar-refractivity contribution in [1.82, 2.24) is 9.80 Å². The molecule has 6 nitrogen and oxygen atoms in total. The summed E-state index contributed by atoms with van der Waals surface area (Å²) in [5.74, 6) is 1.49. The second-order valence-electron chi connectivity index (χ2n) is 6.63. The number of rotatable bonds is 8. The Bertz CT molecular complexity index is 814. The molecule has 8 heteroatoms. The molecule has 0 saturated carbocycles. The smallest absolute Gasteiger partial charge is 0.387 e. The Hall–Kier alpha value is -2.87. The Labute approximate surface area is 162 Å². The van der Waals surface area contributed by atoms with Crippen molar-refractivity contribution in [3.63, 3.8) is 0 Å². The van der Waals surface area contributed by atoms with Gasteiger partial charge in [0.25, 0.3) is 0 Å². The number of amides is 1. The predicted octanol–water partition coefficient (Wildman–Crippen LogP) is 3.11. The van der Waals surface area contributed by atoms with E-state index in [4.69, 9.17) is 9.47 Å². The molecular weight excluding hydrogens is 370 g/mol. The monoisotopic (exact) mass is 392 g/mol. The van der Waals surface area contributed by atoms with Crippen LogP contribution in [0.15, 0.2) is 42.5 Å². The summed E-state index contributed by atoms with van der Waals surface area (Å²) in [5, 5.41) is 0. The average Bonchev–Trinajstić information content (AvgIpc) is 3.10. The summed E-state index contributed by atoms with van der Waals surface area (Å²) >= 11 is 0. The van der Waals surface area contributed by atoms with Crippen molar-refractivity contribution in [3.05, 3.63) is 53.6 Å². The average molecular weight is 392 g/mol. The molecule has 1 amide bonds. The molecule has 0 aliphatic carbocycles. The number of hydrogen-bond donors (Lipinski definition) is 0. The van der Waals surface area contributed by atoms with Crippen LogP contribution < -0.4 is 14.2 Å². The molecule has 0 aromatic heterocycles. The van der Waals surface area contributed by atoms with Gasteiger partial charge in [-0.05, 0) is 42.4 Å². The van der Waals surface area contributed by atoms with Crippen molar-refractivity contribution >= 4 is 5.91 Å². The van der Waals surface area contributed by atoms with E-state index in [1.165, 1.54) is 12.1 Å². The number of benzene rings is 2. The fraction of sp³-hybridized carbons (Fsp3) is 0.350. The van der Waals surface area contributed by atoms with Crippen LogP contribution in [-0.4, -0.2) is 49.8 Å². The fourth-order valence-electron chi connectivity index (χ4n) is 2.90. The lowest BCUT2D eigenvalue weighted by molar-refractivity contribution is -0.131. The summed E-state index contributed by atoms with van der Waals surface area (Å²) in [4.78, 5) is 16.0. The number of fused-ring (bicyclic) bond motifs is 1. The zero-order valence-electron chi connectivity index (χ0n) is 15.7. The van der Waals surface area contributed by atoms with Gasteiger partial charge in [0.1, 0.15) is 5.75 Å². The van der Waals surface area contributed by atoms with Crippen LogP contribution >= 0.6 is 0 Å². The Balaban J connectivity index is 1.49. The summed E-state index contributed by atoms with van der Waals surface area (Å²) in [7, 11) is 3.58. The number of nitrogens with zero attached hydrogens (tertiary/aromatic N) is 2. The van der Waals surface area contributed by atoms with Gasteiger partial charge in [0.05, 0.1) is 6.54 Å². The molecule has 3 rings (SSSR count). The van der Waals surface area contributed by atoms with Crippen LogP contribution in [0.1, 0.15) is 11.1 Å². The molecular formula is C20H22F2N2O4. The zero-order chi connectivity index (χ0) is 20.1. The molecule has 0 radical (unpaired) electrons. The van der Waals surface area contributed by atoms with E-state index in [0.717, 1.165) is 16.9 Å². The maximum absolute atomic E-state index is 12.5. The molecule has 0 bridgehead atoms. The Morgan fingerprint density at radius 2 is 1.71 bits per heavy atom. The van der Waals surface area contributed by atoms with Crippen LogP contribution in [-0.2, 0) is 17.9 Å². The van der Waals surface area contributed by atoms with Crippen molar-refractivity contribution in [3.8, 4) is 17.2 Å². The number of carbonyl (C=O) groups excluding carboxylic acids is 1. The van der Waals surface area contributed by atoms with E-state index < -0.39 is 6.61 Å². The highest BCUT2D eigenvalue weighted by molar-refractivity contribution is 5.78. The van der Waals surface area contributed by atoms with Crippen molar-refractivity contribution in [2.75, 3.05) is 27.4 Å². The van der Waals surface area contributed by atoms with Gasteiger partial charge in [0.2, 0.25) is 12.7 Å². The highest BCUT2D eigenvalue weighted by Crippen LogP contribution is 2.32. The van der Waals surface area contributed by atoms with Crippen molar-refractivity contribution in [2.24, 2.45) is 0 Å². The molecule has 2 aromatic carbocycles. The lowest BCUT2D eigenvalue weighted by atomic mass is 10.2. The molecule has 1 aliphatic heterocycles. The highest BCUT2D eigenvalue weighted by atomic mass is 19.3. The Kier molecular flexibility index (Phi) is 6.30. The van der Waals surface area contributed by atoms with E-state index in [0.29, 0.717) is 18.8 Å². The lowest BCUT2D eigenvalue weighted by Gasteiger charge is -2.22. The first-order chi connectivity index (χ1) is 13.4. The van der Waals surface area contributed by atoms with Crippen LogP contribution in [0.2, 0.25) is 0 Å². The fourth-order valence-corrected chi connectivity index (χ4v) is 2.90. The van der Waals surface area contributed by atoms with E-state index >= 15 is 0 Å². The minimum absolute atomic E-state index is 0.0452. The van der Waals surface area contributed by atoms with Gasteiger partial charge in [-0.3, -0.25) is 9.69 Å². The molecule has 0 saturated heterocycles. The molecule has 1 aliphatic rings. The third-order valence-electron chi connectivity index (χ3n) is 4.29. The number of carbonyl (C=O) groups is 1. The number of alkyl halides is 2. The maximum Gasteiger partial charge on any atom is 0.387 e. The molecule has 0 atom stereocenters. The summed E-state index contributed by atoms with van der Waals surface area (Å²) in [6.07, 6.45) is 0. The van der Waals surface area contributed by atoms with Crippen LogP contribution in [0.5, 0.6) is 17.2 Å². The summed E-state index contributed by atoms with van der Waals surface area (Å²) in [5.41, 5.74) is 1.85. The topological polar surface area (TPSA) is 51.2 Å². The third-order valence-corrected chi connectivity index (χ3v) is 4.29. The van der Waals surface area contributed by atoms with Crippen molar-refractivity contribution in [1.29, 1.82) is 0 Å². The van der Waals surface area contributed by atoms with Gasteiger partial charge in [-0.1, -0.05) is 18.2 Å². The summed E-state index contributed by atoms with van der Waals surface area (Å²) in [6, 6.07) is 12.0. The number of likely N-dealkylation sites (N-methyl/N-ethyl adjacent to an activating group) is 2. The van der Waals surface area contributed by atoms with Gasteiger partial charge in [0, 0.05) is 20.1 Å². The standard InChI is InChI=1S/C20H22F2N2O4/c1-23(10-15-5-8-17-18(9-15)27-13-26-17)12-19(25)24(2)11-14-3-6-16(7-4-14)28-20(21)22/h3-9,20H,10-13H2,1-2H3. The SMILES string of the molecule is CN(CC(=O)N(C)Cc1ccc(OC(F)F)cc1)Cc1ccc2c(c1)OCO2. The number of ether oxygens (including phenoxy) is 3. The first kappa shape index (κ1) is 19.9. The molecule has 0 fully saturated rings. The van der Waals surface area contributed by atoms with E-state index in [9.17, 15) is 13.6 Å². The van der Waals surface area contributed by atoms with Gasteiger partial charge in [-0.15, -0.1) is 0 Å². The van der Waals surface area contributed by atoms with Gasteiger partial charge in [-0.25, -0.2) is 0 Å². The molecule has 0 spiro atoms. The second-order valence-corrected chi connectivity index (χ2v) is 6.63. The minimum atomic E-state index is -2.85. The van der Waals surface area contributed by atoms with Gasteiger partial charge in [0.15, 0.2) is 11.5 Å². The molecule has 2 aromatic rings. The third kappa shape index (κ3) is 5.32. The highest BCUT2D eigenvalue weighted by Gasteiger charge is 2.16. The van der Waals surface area contributed by atoms with Crippen molar-refractivity contribution < 1.29 is 27.8 Å². The van der Waals surface area contributed by atoms with Crippen molar-refractivity contribution in [2.45, 2.75) is 19.7 Å². The van der Waals surface area contributed by atoms with E-state index in [1.54, 1.807) is 24.1 Å². The van der Waals surface area contributed by atoms with Crippen LogP contribution in [0.4, 0.5) is 8.78 Å². The zero-order valence-corrected chi connectivity index (χ0v) is 15.7. The molecule has 1 heterocycles. The molecule has 0 N–H and O–H groups in total. The number of hydrogen-bond acceptors (Lipinski definition) is 5. The van der Waals surface area contributed by atoms with Gasteiger partial charge < -0.3 is 19.1 Å². The molecule has 28 heavy (non-hydrogen) atoms. The maximum atomic E-state index is 12.5. The Morgan fingerprint density at radius 1 is 1.04 bits per heavy atom. The molecule has 150 valence electrons. The van der Waals surface area contributed by atoms with Gasteiger partial charge in [-0.2, -0.15) is 8.78 Å². The predicted molar refractivity (Wildman–Crippen MR) is 98.4 cm³/mol. The second kappa shape index (κ2) is 8.88. The van der Waals surface area contributed by atoms with Crippen LogP contribution in [0, 0.1) is 0 Å². The van der Waals surface area contributed by atoms with Crippen LogP contribution in [0.25, 0.3) is 0 Å². The largest absolute Gasteiger partial charge is 0.454 e. The Morgan fingerprint density at radius 3 is 2.43 bits per heavy atom. The number of halogens is 2. The van der Waals surface area contributed by atoms with E-state index in [-0.39, 0.29) is 25.0 Å². The minimum Gasteiger partial charge on any atom is -0.454 e. The normalized spacial score (nSPS) is 12.5. The lowest BCUT2D eigenvalue weighted by Crippen LogP contribution is -2.36. The first-order valence-electron chi connectivity index (χ1n) is 8.75. The quantitative estimate of drug-likeness (QED) is 0.691. The summed E-state index contributed by atoms with van der Waals surface area (Å²) < 4.78 is 39.4. The first-order valence-corrected chi connectivity index (χ1v) is 8.75. The van der Waals surface area contributed by atoms with Crippen LogP contribution in [0.3, 0.4) is 0 Å². The summed E-state index contributed by atoms with van der Waals surface area (Å²) in [6.45, 7) is -1.40. The van der Waals surface area contributed by atoms with Gasteiger partial charge >= 0.3 is 6.61 Å². The molecule has 0 unspecified atom stereocenters. The van der Waals surface area contributed by atoms with E-state index in [1.807, 2.05) is 30.1 Å².